The second-order valence-corrected chi connectivity index (χ2v) is 3.05. The molecule has 0 bridgehead atoms. The maximum absolute atomic E-state index is 10.5. The van der Waals surface area contributed by atoms with Gasteiger partial charge in [-0.3, -0.25) is 4.79 Å². The largest absolute Gasteiger partial charge is 0.371 e. The highest BCUT2D eigenvalue weighted by Crippen LogP contribution is 2.20. The maximum atomic E-state index is 10.5. The smallest absolute Gasteiger partial charge is 0.150 e. The van der Waals surface area contributed by atoms with Crippen molar-refractivity contribution in [2.75, 3.05) is 18.0 Å². The highest BCUT2D eigenvalue weighted by Gasteiger charge is 2.13. The summed E-state index contributed by atoms with van der Waals surface area (Å²) in [5.74, 6) is 0. The molecule has 1 aliphatic heterocycles. The van der Waals surface area contributed by atoms with Crippen molar-refractivity contribution in [3.05, 3.63) is 29.8 Å². The number of hydrogen-bond acceptors (Lipinski definition) is 2. The zero-order valence-corrected chi connectivity index (χ0v) is 6.86. The summed E-state index contributed by atoms with van der Waals surface area (Å²) in [5, 5.41) is 0. The van der Waals surface area contributed by atoms with Gasteiger partial charge < -0.3 is 4.90 Å². The van der Waals surface area contributed by atoms with Crippen LogP contribution in [0.5, 0.6) is 0 Å². The minimum Gasteiger partial charge on any atom is -0.371 e. The van der Waals surface area contributed by atoms with Crippen LogP contribution < -0.4 is 4.90 Å². The van der Waals surface area contributed by atoms with Gasteiger partial charge in [-0.2, -0.15) is 0 Å². The molecule has 0 aliphatic carbocycles. The van der Waals surface area contributed by atoms with Gasteiger partial charge in [0.15, 0.2) is 0 Å². The van der Waals surface area contributed by atoms with E-state index in [1.54, 1.807) is 0 Å². The van der Waals surface area contributed by atoms with Crippen LogP contribution in [0.1, 0.15) is 16.8 Å². The minimum atomic E-state index is 0.763. The van der Waals surface area contributed by atoms with Crippen molar-refractivity contribution in [3.8, 4) is 0 Å². The summed E-state index contributed by atoms with van der Waals surface area (Å²) >= 11 is 0. The molecule has 1 aliphatic rings. The summed E-state index contributed by atoms with van der Waals surface area (Å²) in [7, 11) is 0. The quantitative estimate of drug-likeness (QED) is 0.615. The molecule has 12 heavy (non-hydrogen) atoms. The number of aldehydes is 1. The summed E-state index contributed by atoms with van der Waals surface area (Å²) in [4.78, 5) is 12.7. The first kappa shape index (κ1) is 7.35. The number of nitrogens with zero attached hydrogens (tertiary/aromatic N) is 1. The molecule has 0 atom stereocenters. The molecule has 1 aromatic carbocycles. The van der Waals surface area contributed by atoms with E-state index in [9.17, 15) is 4.79 Å². The molecule has 0 amide bonds. The Morgan fingerprint density at radius 2 is 2.17 bits per heavy atom. The van der Waals surface area contributed by atoms with Gasteiger partial charge in [0.1, 0.15) is 6.29 Å². The average Bonchev–Trinajstić information content (AvgIpc) is 2.02. The van der Waals surface area contributed by atoms with Crippen LogP contribution in [0.3, 0.4) is 0 Å². The fraction of sp³-hybridized carbons (Fsp3) is 0.300. The van der Waals surface area contributed by atoms with Gasteiger partial charge in [-0.1, -0.05) is 12.1 Å². The Hall–Kier alpha value is -1.31. The lowest BCUT2D eigenvalue weighted by molar-refractivity contribution is 0.112. The van der Waals surface area contributed by atoms with Crippen molar-refractivity contribution in [2.45, 2.75) is 6.42 Å². The molecule has 0 radical (unpaired) electrons. The molecule has 1 aromatic rings. The highest BCUT2D eigenvalue weighted by atomic mass is 16.1. The molecule has 1 saturated heterocycles. The first-order valence-electron chi connectivity index (χ1n) is 4.20. The van der Waals surface area contributed by atoms with Gasteiger partial charge in [-0.15, -0.1) is 0 Å². The molecule has 2 heteroatoms. The lowest BCUT2D eigenvalue weighted by Gasteiger charge is -2.33. The van der Waals surface area contributed by atoms with Crippen LogP contribution in [0.25, 0.3) is 0 Å². The molecule has 0 spiro atoms. The topological polar surface area (TPSA) is 20.3 Å². The van der Waals surface area contributed by atoms with E-state index in [2.05, 4.69) is 4.90 Å². The van der Waals surface area contributed by atoms with Crippen LogP contribution >= 0.6 is 0 Å². The Kier molecular flexibility index (Phi) is 1.82. The van der Waals surface area contributed by atoms with Gasteiger partial charge in [-0.25, -0.2) is 0 Å². The SMILES string of the molecule is O=Cc1cccc(N2CCC2)c1. The van der Waals surface area contributed by atoms with Crippen LogP contribution in [0.4, 0.5) is 5.69 Å². The molecule has 0 N–H and O–H groups in total. The second-order valence-electron chi connectivity index (χ2n) is 3.05. The van der Waals surface area contributed by atoms with E-state index >= 15 is 0 Å². The van der Waals surface area contributed by atoms with E-state index in [0.717, 1.165) is 24.9 Å². The second kappa shape index (κ2) is 2.97. The predicted molar refractivity (Wildman–Crippen MR) is 48.7 cm³/mol. The summed E-state index contributed by atoms with van der Waals surface area (Å²) in [6.45, 7) is 2.25. The number of anilines is 1. The Balaban J connectivity index is 2.25. The lowest BCUT2D eigenvalue weighted by atomic mass is 10.1. The molecule has 1 heterocycles. The summed E-state index contributed by atoms with van der Waals surface area (Å²) in [6, 6.07) is 7.74. The van der Waals surface area contributed by atoms with Crippen molar-refractivity contribution in [3.63, 3.8) is 0 Å². The lowest BCUT2D eigenvalue weighted by Crippen LogP contribution is -2.36. The van der Waals surface area contributed by atoms with E-state index in [-0.39, 0.29) is 0 Å². The zero-order chi connectivity index (χ0) is 8.39. The van der Waals surface area contributed by atoms with Crippen LogP contribution in [0.2, 0.25) is 0 Å². The van der Waals surface area contributed by atoms with Gasteiger partial charge in [0.2, 0.25) is 0 Å². The van der Waals surface area contributed by atoms with Gasteiger partial charge in [-0.05, 0) is 18.6 Å². The maximum Gasteiger partial charge on any atom is 0.150 e. The predicted octanol–water partition coefficient (Wildman–Crippen LogP) is 1.71. The average molecular weight is 161 g/mol. The normalized spacial score (nSPS) is 15.5. The zero-order valence-electron chi connectivity index (χ0n) is 6.86. The summed E-state index contributed by atoms with van der Waals surface area (Å²) in [5.41, 5.74) is 1.94. The standard InChI is InChI=1S/C10H11NO/c12-8-9-3-1-4-10(7-9)11-5-2-6-11/h1,3-4,7-8H,2,5-6H2. The fourth-order valence-electron chi connectivity index (χ4n) is 1.37. The van der Waals surface area contributed by atoms with Crippen molar-refractivity contribution in [2.24, 2.45) is 0 Å². The van der Waals surface area contributed by atoms with Crippen molar-refractivity contribution < 1.29 is 4.79 Å². The molecule has 2 nitrogen and oxygen atoms in total. The molecule has 0 aromatic heterocycles. The number of carbonyl (C=O) groups excluding carboxylic acids is 1. The van der Waals surface area contributed by atoms with Crippen LogP contribution in [-0.2, 0) is 0 Å². The third-order valence-electron chi connectivity index (χ3n) is 2.23. The van der Waals surface area contributed by atoms with Crippen LogP contribution in [-0.4, -0.2) is 19.4 Å². The van der Waals surface area contributed by atoms with Gasteiger partial charge in [0.25, 0.3) is 0 Å². The number of carbonyl (C=O) groups is 1. The molecular weight excluding hydrogens is 150 g/mol. The van der Waals surface area contributed by atoms with Crippen molar-refractivity contribution in [1.29, 1.82) is 0 Å². The van der Waals surface area contributed by atoms with Crippen LogP contribution in [0, 0.1) is 0 Å². The summed E-state index contributed by atoms with van der Waals surface area (Å²) in [6.07, 6.45) is 2.16. The Bertz CT molecular complexity index is 292. The first-order valence-corrected chi connectivity index (χ1v) is 4.20. The van der Waals surface area contributed by atoms with E-state index in [1.807, 2.05) is 24.3 Å². The van der Waals surface area contributed by atoms with Gasteiger partial charge in [0.05, 0.1) is 0 Å². The number of rotatable bonds is 2. The van der Waals surface area contributed by atoms with E-state index < -0.39 is 0 Å². The van der Waals surface area contributed by atoms with E-state index in [4.69, 9.17) is 0 Å². The molecule has 0 saturated carbocycles. The third-order valence-corrected chi connectivity index (χ3v) is 2.23. The monoisotopic (exact) mass is 161 g/mol. The van der Waals surface area contributed by atoms with E-state index in [0.29, 0.717) is 0 Å². The molecule has 0 unspecified atom stereocenters. The highest BCUT2D eigenvalue weighted by molar-refractivity contribution is 5.77. The fourth-order valence-corrected chi connectivity index (χ4v) is 1.37. The van der Waals surface area contributed by atoms with Gasteiger partial charge in [0, 0.05) is 24.3 Å². The minimum absolute atomic E-state index is 0.763. The Morgan fingerprint density at radius 1 is 1.33 bits per heavy atom. The third kappa shape index (κ3) is 1.20. The summed E-state index contributed by atoms with van der Waals surface area (Å²) < 4.78 is 0. The van der Waals surface area contributed by atoms with Crippen molar-refractivity contribution >= 4 is 12.0 Å². The molecule has 1 fully saturated rings. The molecule has 2 rings (SSSR count). The Morgan fingerprint density at radius 3 is 2.75 bits per heavy atom. The first-order chi connectivity index (χ1) is 5.90. The van der Waals surface area contributed by atoms with E-state index in [1.165, 1.54) is 12.1 Å². The molecule has 62 valence electrons. The number of benzene rings is 1. The van der Waals surface area contributed by atoms with Crippen molar-refractivity contribution in [1.82, 2.24) is 0 Å². The molecular formula is C10H11NO. The van der Waals surface area contributed by atoms with Crippen LogP contribution in [0.15, 0.2) is 24.3 Å². The number of hydrogen-bond donors (Lipinski definition) is 0. The van der Waals surface area contributed by atoms with Gasteiger partial charge >= 0.3 is 0 Å². The Labute approximate surface area is 71.8 Å².